The van der Waals surface area contributed by atoms with Gasteiger partial charge in [0.15, 0.2) is 0 Å². The number of amides is 3. The summed E-state index contributed by atoms with van der Waals surface area (Å²) in [6, 6.07) is 14.9. The third-order valence-electron chi connectivity index (χ3n) is 5.13. The van der Waals surface area contributed by atoms with Crippen LogP contribution in [0.25, 0.3) is 0 Å². The van der Waals surface area contributed by atoms with Gasteiger partial charge in [-0.25, -0.2) is 0 Å². The number of aryl methyl sites for hydroxylation is 1. The standard InChI is InChI=1S/C23H28N4O3S/c1-16-6-4-8-18(12-16)25-21(28)14-31-15-22(29)26-19-9-3-2-7-17(19)13-27-11-5-10-20(27)23(24)30/h2-4,6-9,12,20H,5,10-11,13-15H2,1H3,(H2,24,30)(H,25,28)(H,26,29). The van der Waals surface area contributed by atoms with E-state index in [1.807, 2.05) is 55.5 Å². The Labute approximate surface area is 186 Å². The van der Waals surface area contributed by atoms with Gasteiger partial charge in [-0.05, 0) is 55.6 Å². The smallest absolute Gasteiger partial charge is 0.234 e. The highest BCUT2D eigenvalue weighted by molar-refractivity contribution is 8.00. The van der Waals surface area contributed by atoms with E-state index >= 15 is 0 Å². The molecule has 1 saturated heterocycles. The summed E-state index contributed by atoms with van der Waals surface area (Å²) < 4.78 is 0. The molecule has 3 amide bonds. The van der Waals surface area contributed by atoms with E-state index < -0.39 is 0 Å². The van der Waals surface area contributed by atoms with E-state index in [0.717, 1.165) is 36.2 Å². The summed E-state index contributed by atoms with van der Waals surface area (Å²) in [4.78, 5) is 38.2. The fraction of sp³-hybridized carbons (Fsp3) is 0.348. The van der Waals surface area contributed by atoms with Crippen molar-refractivity contribution in [3.8, 4) is 0 Å². The van der Waals surface area contributed by atoms with E-state index in [2.05, 4.69) is 15.5 Å². The van der Waals surface area contributed by atoms with Crippen molar-refractivity contribution in [3.05, 3.63) is 59.7 Å². The van der Waals surface area contributed by atoms with Gasteiger partial charge in [0.25, 0.3) is 0 Å². The topological polar surface area (TPSA) is 105 Å². The Kier molecular flexibility index (Phi) is 8.08. The van der Waals surface area contributed by atoms with Crippen LogP contribution in [0, 0.1) is 6.92 Å². The van der Waals surface area contributed by atoms with Gasteiger partial charge in [0, 0.05) is 17.9 Å². The Morgan fingerprint density at radius 2 is 1.81 bits per heavy atom. The predicted molar refractivity (Wildman–Crippen MR) is 125 cm³/mol. The third-order valence-corrected chi connectivity index (χ3v) is 6.06. The fourth-order valence-electron chi connectivity index (χ4n) is 3.68. The number of carbonyl (C=O) groups is 3. The Hall–Kier alpha value is -2.84. The van der Waals surface area contributed by atoms with Gasteiger partial charge in [-0.2, -0.15) is 0 Å². The van der Waals surface area contributed by atoms with Crippen molar-refractivity contribution >= 4 is 40.9 Å². The molecule has 1 unspecified atom stereocenters. The molecule has 31 heavy (non-hydrogen) atoms. The van der Waals surface area contributed by atoms with Crippen molar-refractivity contribution in [2.24, 2.45) is 5.73 Å². The molecule has 4 N–H and O–H groups in total. The molecule has 2 aromatic carbocycles. The molecule has 1 aliphatic rings. The van der Waals surface area contributed by atoms with Crippen LogP contribution < -0.4 is 16.4 Å². The molecule has 0 bridgehead atoms. The van der Waals surface area contributed by atoms with Crippen LogP contribution in [0.15, 0.2) is 48.5 Å². The van der Waals surface area contributed by atoms with Crippen molar-refractivity contribution in [1.29, 1.82) is 0 Å². The molecule has 7 nitrogen and oxygen atoms in total. The highest BCUT2D eigenvalue weighted by Crippen LogP contribution is 2.24. The van der Waals surface area contributed by atoms with Gasteiger partial charge in [-0.1, -0.05) is 30.3 Å². The highest BCUT2D eigenvalue weighted by atomic mass is 32.2. The van der Waals surface area contributed by atoms with E-state index in [0.29, 0.717) is 12.2 Å². The van der Waals surface area contributed by atoms with Crippen LogP contribution in [0.2, 0.25) is 0 Å². The molecule has 0 spiro atoms. The summed E-state index contributed by atoms with van der Waals surface area (Å²) in [7, 11) is 0. The molecule has 0 aromatic heterocycles. The van der Waals surface area contributed by atoms with Gasteiger partial charge >= 0.3 is 0 Å². The monoisotopic (exact) mass is 440 g/mol. The molecule has 164 valence electrons. The Bertz CT molecular complexity index is 950. The van der Waals surface area contributed by atoms with Crippen molar-refractivity contribution < 1.29 is 14.4 Å². The highest BCUT2D eigenvalue weighted by Gasteiger charge is 2.29. The summed E-state index contributed by atoms with van der Waals surface area (Å²) in [5.74, 6) is -0.261. The van der Waals surface area contributed by atoms with Gasteiger partial charge in [0.05, 0.1) is 17.5 Å². The van der Waals surface area contributed by atoms with E-state index in [1.165, 1.54) is 11.8 Å². The quantitative estimate of drug-likeness (QED) is 0.556. The predicted octanol–water partition coefficient (Wildman–Crippen LogP) is 2.76. The summed E-state index contributed by atoms with van der Waals surface area (Å²) >= 11 is 1.26. The van der Waals surface area contributed by atoms with Crippen LogP contribution in [0.3, 0.4) is 0 Å². The zero-order chi connectivity index (χ0) is 22.2. The lowest BCUT2D eigenvalue weighted by molar-refractivity contribution is -0.122. The van der Waals surface area contributed by atoms with Crippen molar-refractivity contribution in [2.75, 3.05) is 28.7 Å². The number of carbonyl (C=O) groups excluding carboxylic acids is 3. The average Bonchev–Trinajstić information content (AvgIpc) is 3.18. The average molecular weight is 441 g/mol. The SMILES string of the molecule is Cc1cccc(NC(=O)CSCC(=O)Nc2ccccc2CN2CCCC2C(N)=O)c1. The lowest BCUT2D eigenvalue weighted by Crippen LogP contribution is -2.39. The summed E-state index contributed by atoms with van der Waals surface area (Å²) in [5.41, 5.74) is 8.98. The first-order chi connectivity index (χ1) is 14.9. The maximum atomic E-state index is 12.4. The van der Waals surface area contributed by atoms with E-state index in [4.69, 9.17) is 5.73 Å². The van der Waals surface area contributed by atoms with Crippen LogP contribution in [0.5, 0.6) is 0 Å². The van der Waals surface area contributed by atoms with E-state index in [-0.39, 0.29) is 35.3 Å². The number of nitrogens with two attached hydrogens (primary N) is 1. The first kappa shape index (κ1) is 22.8. The van der Waals surface area contributed by atoms with Crippen molar-refractivity contribution in [2.45, 2.75) is 32.4 Å². The van der Waals surface area contributed by atoms with E-state index in [1.54, 1.807) is 0 Å². The van der Waals surface area contributed by atoms with Gasteiger partial charge in [0.2, 0.25) is 17.7 Å². The molecule has 0 radical (unpaired) electrons. The minimum atomic E-state index is -0.306. The second-order valence-electron chi connectivity index (χ2n) is 7.65. The number of benzene rings is 2. The van der Waals surface area contributed by atoms with Crippen LogP contribution in [0.4, 0.5) is 11.4 Å². The number of anilines is 2. The molecular weight excluding hydrogens is 412 g/mol. The number of hydrogen-bond acceptors (Lipinski definition) is 5. The Balaban J connectivity index is 1.48. The summed E-state index contributed by atoms with van der Waals surface area (Å²) in [5, 5.41) is 5.76. The maximum absolute atomic E-state index is 12.4. The van der Waals surface area contributed by atoms with Gasteiger partial charge < -0.3 is 16.4 Å². The van der Waals surface area contributed by atoms with Crippen molar-refractivity contribution in [1.82, 2.24) is 4.90 Å². The molecular formula is C23H28N4O3S. The van der Waals surface area contributed by atoms with Crippen LogP contribution in [-0.4, -0.2) is 46.7 Å². The molecule has 0 saturated carbocycles. The molecule has 3 rings (SSSR count). The number of thioether (sulfide) groups is 1. The maximum Gasteiger partial charge on any atom is 0.234 e. The normalized spacial score (nSPS) is 16.1. The molecule has 1 heterocycles. The number of nitrogens with one attached hydrogen (secondary N) is 2. The molecule has 2 aromatic rings. The minimum Gasteiger partial charge on any atom is -0.368 e. The first-order valence-electron chi connectivity index (χ1n) is 10.3. The first-order valence-corrected chi connectivity index (χ1v) is 11.4. The van der Waals surface area contributed by atoms with Crippen LogP contribution >= 0.6 is 11.8 Å². The van der Waals surface area contributed by atoms with E-state index in [9.17, 15) is 14.4 Å². The number of primary amides is 1. The Morgan fingerprint density at radius 3 is 2.55 bits per heavy atom. The number of nitrogens with zero attached hydrogens (tertiary/aromatic N) is 1. The number of likely N-dealkylation sites (tertiary alicyclic amines) is 1. The molecule has 1 fully saturated rings. The zero-order valence-corrected chi connectivity index (χ0v) is 18.4. The molecule has 1 atom stereocenters. The van der Waals surface area contributed by atoms with Crippen LogP contribution in [0.1, 0.15) is 24.0 Å². The van der Waals surface area contributed by atoms with Crippen molar-refractivity contribution in [3.63, 3.8) is 0 Å². The summed E-state index contributed by atoms with van der Waals surface area (Å²) in [6.45, 7) is 3.32. The second kappa shape index (κ2) is 11.0. The number of hydrogen-bond donors (Lipinski definition) is 3. The van der Waals surface area contributed by atoms with Gasteiger partial charge in [-0.15, -0.1) is 11.8 Å². The lowest BCUT2D eigenvalue weighted by Gasteiger charge is -2.23. The molecule has 1 aliphatic heterocycles. The molecule has 8 heteroatoms. The minimum absolute atomic E-state index is 0.143. The zero-order valence-electron chi connectivity index (χ0n) is 17.6. The number of para-hydroxylation sites is 1. The largest absolute Gasteiger partial charge is 0.368 e. The lowest BCUT2D eigenvalue weighted by atomic mass is 10.1. The third kappa shape index (κ3) is 6.83. The molecule has 0 aliphatic carbocycles. The second-order valence-corrected chi connectivity index (χ2v) is 8.63. The Morgan fingerprint density at radius 1 is 1.06 bits per heavy atom. The van der Waals surface area contributed by atoms with Crippen LogP contribution in [-0.2, 0) is 20.9 Å². The van der Waals surface area contributed by atoms with Gasteiger partial charge in [-0.3, -0.25) is 19.3 Å². The summed E-state index contributed by atoms with van der Waals surface area (Å²) in [6.07, 6.45) is 1.70. The van der Waals surface area contributed by atoms with Gasteiger partial charge in [0.1, 0.15) is 0 Å². The number of rotatable bonds is 9. The fourth-order valence-corrected chi connectivity index (χ4v) is 4.30.